The van der Waals surface area contributed by atoms with Crippen molar-refractivity contribution in [2.75, 3.05) is 13.6 Å². The first-order valence-corrected chi connectivity index (χ1v) is 6.45. The molecule has 1 amide bonds. The van der Waals surface area contributed by atoms with Gasteiger partial charge in [0.25, 0.3) is 0 Å². The van der Waals surface area contributed by atoms with Crippen molar-refractivity contribution in [3.8, 4) is 0 Å². The van der Waals surface area contributed by atoms with E-state index in [1.54, 1.807) is 7.05 Å². The predicted octanol–water partition coefficient (Wildman–Crippen LogP) is 2.76. The highest BCUT2D eigenvalue weighted by Crippen LogP contribution is 2.19. The van der Waals surface area contributed by atoms with Gasteiger partial charge in [-0.15, -0.1) is 0 Å². The second-order valence-corrected chi connectivity index (χ2v) is 5.55. The number of benzene rings is 1. The normalized spacial score (nSPS) is 13.2. The standard InChI is InChI=1S/C14H21ClN2O/c1-10(11-5-7-12(15)8-6-11)17-9-14(2,3)13(18)16-4/h5-8,10,17H,9H2,1-4H3,(H,16,18). The van der Waals surface area contributed by atoms with Crippen LogP contribution in [-0.2, 0) is 4.79 Å². The first-order chi connectivity index (χ1) is 8.36. The van der Waals surface area contributed by atoms with Crippen LogP contribution in [0.2, 0.25) is 5.02 Å². The molecule has 2 N–H and O–H groups in total. The average molecular weight is 269 g/mol. The third-order valence-electron chi connectivity index (χ3n) is 3.06. The van der Waals surface area contributed by atoms with E-state index in [1.807, 2.05) is 38.1 Å². The lowest BCUT2D eigenvalue weighted by Gasteiger charge is -2.25. The summed E-state index contributed by atoms with van der Waals surface area (Å²) >= 11 is 5.85. The molecule has 0 aliphatic rings. The maximum absolute atomic E-state index is 11.7. The van der Waals surface area contributed by atoms with E-state index in [4.69, 9.17) is 11.6 Å². The van der Waals surface area contributed by atoms with Crippen molar-refractivity contribution < 1.29 is 4.79 Å². The van der Waals surface area contributed by atoms with Crippen LogP contribution in [0.1, 0.15) is 32.4 Å². The molecule has 0 fully saturated rings. The van der Waals surface area contributed by atoms with Crippen LogP contribution in [-0.4, -0.2) is 19.5 Å². The molecule has 1 aromatic rings. The number of carbonyl (C=O) groups excluding carboxylic acids is 1. The van der Waals surface area contributed by atoms with Gasteiger partial charge < -0.3 is 10.6 Å². The van der Waals surface area contributed by atoms with Crippen LogP contribution in [0.4, 0.5) is 0 Å². The van der Waals surface area contributed by atoms with Gasteiger partial charge in [0.1, 0.15) is 0 Å². The lowest BCUT2D eigenvalue weighted by Crippen LogP contribution is -2.42. The van der Waals surface area contributed by atoms with Crippen LogP contribution in [0.3, 0.4) is 0 Å². The zero-order valence-electron chi connectivity index (χ0n) is 11.4. The van der Waals surface area contributed by atoms with Gasteiger partial charge in [0, 0.05) is 24.7 Å². The van der Waals surface area contributed by atoms with E-state index in [0.29, 0.717) is 6.54 Å². The first kappa shape index (κ1) is 15.0. The van der Waals surface area contributed by atoms with Crippen molar-refractivity contribution in [3.63, 3.8) is 0 Å². The van der Waals surface area contributed by atoms with Crippen LogP contribution in [0, 0.1) is 5.41 Å². The summed E-state index contributed by atoms with van der Waals surface area (Å²) in [5.74, 6) is 0.0401. The summed E-state index contributed by atoms with van der Waals surface area (Å²) in [6.45, 7) is 6.54. The van der Waals surface area contributed by atoms with Crippen molar-refractivity contribution in [3.05, 3.63) is 34.9 Å². The highest BCUT2D eigenvalue weighted by molar-refractivity contribution is 6.30. The quantitative estimate of drug-likeness (QED) is 0.862. The van der Waals surface area contributed by atoms with Gasteiger partial charge in [0.15, 0.2) is 0 Å². The van der Waals surface area contributed by atoms with Crippen molar-refractivity contribution in [1.29, 1.82) is 0 Å². The van der Waals surface area contributed by atoms with E-state index in [-0.39, 0.29) is 11.9 Å². The Morgan fingerprint density at radius 2 is 1.89 bits per heavy atom. The number of hydrogen-bond acceptors (Lipinski definition) is 2. The van der Waals surface area contributed by atoms with Gasteiger partial charge in [-0.05, 0) is 38.5 Å². The molecule has 0 radical (unpaired) electrons. The molecule has 4 heteroatoms. The lowest BCUT2D eigenvalue weighted by atomic mass is 9.91. The van der Waals surface area contributed by atoms with Gasteiger partial charge >= 0.3 is 0 Å². The maximum Gasteiger partial charge on any atom is 0.226 e. The molecule has 0 saturated heterocycles. The van der Waals surface area contributed by atoms with E-state index in [9.17, 15) is 4.79 Å². The summed E-state index contributed by atoms with van der Waals surface area (Å²) in [7, 11) is 1.66. The van der Waals surface area contributed by atoms with E-state index in [0.717, 1.165) is 10.6 Å². The van der Waals surface area contributed by atoms with Gasteiger partial charge in [0.05, 0.1) is 5.41 Å². The zero-order valence-corrected chi connectivity index (χ0v) is 12.1. The third kappa shape index (κ3) is 4.00. The van der Waals surface area contributed by atoms with Crippen LogP contribution < -0.4 is 10.6 Å². The fourth-order valence-electron chi connectivity index (χ4n) is 1.70. The SMILES string of the molecule is CNC(=O)C(C)(C)CNC(C)c1ccc(Cl)cc1. The fourth-order valence-corrected chi connectivity index (χ4v) is 1.82. The molecular formula is C14H21ClN2O. The Balaban J connectivity index is 2.58. The van der Waals surface area contributed by atoms with Crippen LogP contribution in [0.5, 0.6) is 0 Å². The van der Waals surface area contributed by atoms with Crippen molar-refractivity contribution in [2.24, 2.45) is 5.41 Å². The fraction of sp³-hybridized carbons (Fsp3) is 0.500. The molecule has 0 aliphatic heterocycles. The summed E-state index contributed by atoms with van der Waals surface area (Å²) in [5, 5.41) is 6.78. The number of rotatable bonds is 5. The number of carbonyl (C=O) groups is 1. The highest BCUT2D eigenvalue weighted by Gasteiger charge is 2.26. The summed E-state index contributed by atoms with van der Waals surface area (Å²) in [6.07, 6.45) is 0. The minimum absolute atomic E-state index is 0.0401. The molecular weight excluding hydrogens is 248 g/mol. The monoisotopic (exact) mass is 268 g/mol. The first-order valence-electron chi connectivity index (χ1n) is 6.08. The lowest BCUT2D eigenvalue weighted by molar-refractivity contribution is -0.128. The van der Waals surface area contributed by atoms with Crippen molar-refractivity contribution >= 4 is 17.5 Å². The van der Waals surface area contributed by atoms with Gasteiger partial charge in [-0.25, -0.2) is 0 Å². The second-order valence-electron chi connectivity index (χ2n) is 5.12. The zero-order chi connectivity index (χ0) is 13.8. The second kappa shape index (κ2) is 6.21. The van der Waals surface area contributed by atoms with Crippen LogP contribution >= 0.6 is 11.6 Å². The van der Waals surface area contributed by atoms with Gasteiger partial charge in [-0.2, -0.15) is 0 Å². The highest BCUT2D eigenvalue weighted by atomic mass is 35.5. The van der Waals surface area contributed by atoms with E-state index < -0.39 is 5.41 Å². The van der Waals surface area contributed by atoms with Crippen LogP contribution in [0.15, 0.2) is 24.3 Å². The minimum atomic E-state index is -0.421. The summed E-state index contributed by atoms with van der Waals surface area (Å²) in [4.78, 5) is 11.7. The molecule has 0 aromatic heterocycles. The molecule has 3 nitrogen and oxygen atoms in total. The Hall–Kier alpha value is -1.06. The van der Waals surface area contributed by atoms with Crippen LogP contribution in [0.25, 0.3) is 0 Å². The van der Waals surface area contributed by atoms with Gasteiger partial charge in [-0.3, -0.25) is 4.79 Å². The number of halogens is 1. The number of hydrogen-bond donors (Lipinski definition) is 2. The van der Waals surface area contributed by atoms with Crippen molar-refractivity contribution in [1.82, 2.24) is 10.6 Å². The largest absolute Gasteiger partial charge is 0.359 e. The molecule has 0 spiro atoms. The Bertz CT molecular complexity index is 401. The summed E-state index contributed by atoms with van der Waals surface area (Å²) in [5.41, 5.74) is 0.738. The molecule has 18 heavy (non-hydrogen) atoms. The Kier molecular flexibility index (Phi) is 5.17. The Morgan fingerprint density at radius 1 is 1.33 bits per heavy atom. The van der Waals surface area contributed by atoms with Gasteiger partial charge in [-0.1, -0.05) is 23.7 Å². The third-order valence-corrected chi connectivity index (χ3v) is 3.31. The molecule has 1 rings (SSSR count). The number of nitrogens with one attached hydrogen (secondary N) is 2. The summed E-state index contributed by atoms with van der Waals surface area (Å²) in [6, 6.07) is 7.92. The topological polar surface area (TPSA) is 41.1 Å². The van der Waals surface area contributed by atoms with E-state index >= 15 is 0 Å². The smallest absolute Gasteiger partial charge is 0.226 e. The number of amides is 1. The molecule has 0 saturated carbocycles. The Labute approximate surface area is 114 Å². The molecule has 0 heterocycles. The molecule has 1 aromatic carbocycles. The molecule has 0 bridgehead atoms. The molecule has 1 unspecified atom stereocenters. The molecule has 100 valence electrons. The molecule has 1 atom stereocenters. The van der Waals surface area contributed by atoms with E-state index in [2.05, 4.69) is 17.6 Å². The molecule has 0 aliphatic carbocycles. The maximum atomic E-state index is 11.7. The van der Waals surface area contributed by atoms with Gasteiger partial charge in [0.2, 0.25) is 5.91 Å². The summed E-state index contributed by atoms with van der Waals surface area (Å²) < 4.78 is 0. The Morgan fingerprint density at radius 3 is 2.39 bits per heavy atom. The minimum Gasteiger partial charge on any atom is -0.359 e. The van der Waals surface area contributed by atoms with Crippen molar-refractivity contribution in [2.45, 2.75) is 26.8 Å². The van der Waals surface area contributed by atoms with E-state index in [1.165, 1.54) is 0 Å². The predicted molar refractivity (Wildman–Crippen MR) is 75.7 cm³/mol. The average Bonchev–Trinajstić information content (AvgIpc) is 2.35.